The van der Waals surface area contributed by atoms with Gasteiger partial charge < -0.3 is 14.8 Å². The lowest BCUT2D eigenvalue weighted by Crippen LogP contribution is -2.38. The molecular weight excluding hydrogens is 527 g/mol. The monoisotopic (exact) mass is 562 g/mol. The molecule has 2 aromatic rings. The second kappa shape index (κ2) is 13.1. The maximum atomic E-state index is 13.9. The molecule has 0 saturated heterocycles. The molecule has 1 aliphatic rings. The number of amides is 3. The van der Waals surface area contributed by atoms with E-state index < -0.39 is 52.4 Å². The Morgan fingerprint density at radius 3 is 2.38 bits per heavy atom. The third kappa shape index (κ3) is 6.95. The molecule has 0 fully saturated rings. The van der Waals surface area contributed by atoms with Gasteiger partial charge in [0.25, 0.3) is 11.8 Å². The van der Waals surface area contributed by atoms with Crippen LogP contribution in [0.25, 0.3) is 0 Å². The van der Waals surface area contributed by atoms with Crippen molar-refractivity contribution in [1.82, 2.24) is 4.90 Å². The molecule has 0 aromatic heterocycles. The Hall–Kier alpha value is -3.47. The molecule has 3 rings (SSSR count). The van der Waals surface area contributed by atoms with Crippen LogP contribution in [0.15, 0.2) is 30.3 Å². The highest BCUT2D eigenvalue weighted by Gasteiger charge is 2.44. The minimum absolute atomic E-state index is 0.0155. The second-order valence-corrected chi connectivity index (χ2v) is 11.6. The number of carbonyl (C=O) groups excluding carboxylic acids is 3. The molecule has 39 heavy (non-hydrogen) atoms. The van der Waals surface area contributed by atoms with Gasteiger partial charge in [-0.05, 0) is 49.1 Å². The number of sulfone groups is 1. The van der Waals surface area contributed by atoms with Crippen LogP contribution in [0, 0.1) is 0 Å². The first kappa shape index (κ1) is 30.1. The van der Waals surface area contributed by atoms with Crippen molar-refractivity contribution in [2.75, 3.05) is 37.7 Å². The molecule has 1 heterocycles. The number of ether oxygens (including phenoxy) is 2. The average molecular weight is 563 g/mol. The molecule has 2 aromatic carbocycles. The Morgan fingerprint density at radius 1 is 1.05 bits per heavy atom. The van der Waals surface area contributed by atoms with E-state index in [2.05, 4.69) is 5.32 Å². The fourth-order valence-corrected chi connectivity index (χ4v) is 5.60. The predicted octanol–water partition coefficient (Wildman–Crippen LogP) is 4.51. The second-order valence-electron chi connectivity index (χ2n) is 9.40. The van der Waals surface area contributed by atoms with Gasteiger partial charge in [-0.15, -0.1) is 0 Å². The molecule has 0 radical (unpaired) electrons. The van der Waals surface area contributed by atoms with Gasteiger partial charge in [0, 0.05) is 6.26 Å². The van der Waals surface area contributed by atoms with Gasteiger partial charge in [-0.1, -0.05) is 31.9 Å². The standard InChI is InChI=1S/C28H35FN2O7S/c1-5-7-8-9-18-10-12-20(30-24(32)14-15-29)26-25(18)27(33)31(28(26)34)21(17-39(4,35)36)19-11-13-22(37-3)23(16-19)38-6-2/h10-13,16,21H,5-9,14-15,17H2,1-4H3,(H,30,32)/t21-/m1/s1. The molecule has 1 aliphatic heterocycles. The molecule has 1 atom stereocenters. The van der Waals surface area contributed by atoms with Gasteiger partial charge in [0.1, 0.15) is 9.84 Å². The van der Waals surface area contributed by atoms with E-state index in [-0.39, 0.29) is 16.8 Å². The Kier molecular flexibility index (Phi) is 10.1. The molecule has 0 spiro atoms. The van der Waals surface area contributed by atoms with Crippen molar-refractivity contribution in [2.45, 2.75) is 52.0 Å². The number of benzene rings is 2. The van der Waals surface area contributed by atoms with Crippen molar-refractivity contribution >= 4 is 33.2 Å². The molecule has 3 amide bonds. The lowest BCUT2D eigenvalue weighted by Gasteiger charge is -2.27. The Bertz CT molecular complexity index is 1340. The van der Waals surface area contributed by atoms with Crippen molar-refractivity contribution < 1.29 is 36.7 Å². The number of rotatable bonds is 14. The third-order valence-corrected chi connectivity index (χ3v) is 7.37. The van der Waals surface area contributed by atoms with Gasteiger partial charge in [0.2, 0.25) is 5.91 Å². The highest BCUT2D eigenvalue weighted by atomic mass is 32.2. The predicted molar refractivity (Wildman–Crippen MR) is 146 cm³/mol. The van der Waals surface area contributed by atoms with E-state index in [4.69, 9.17) is 9.47 Å². The minimum atomic E-state index is -3.68. The van der Waals surface area contributed by atoms with Crippen molar-refractivity contribution in [2.24, 2.45) is 0 Å². The van der Waals surface area contributed by atoms with Gasteiger partial charge in [-0.2, -0.15) is 0 Å². The largest absolute Gasteiger partial charge is 0.493 e. The fourth-order valence-electron chi connectivity index (χ4n) is 4.68. The first-order chi connectivity index (χ1) is 18.6. The van der Waals surface area contributed by atoms with Gasteiger partial charge in [0.05, 0.1) is 55.4 Å². The zero-order valence-electron chi connectivity index (χ0n) is 22.7. The summed E-state index contributed by atoms with van der Waals surface area (Å²) in [6.07, 6.45) is 3.80. The molecule has 0 saturated carbocycles. The molecule has 0 unspecified atom stereocenters. The van der Waals surface area contributed by atoms with Crippen LogP contribution < -0.4 is 14.8 Å². The summed E-state index contributed by atoms with van der Waals surface area (Å²) in [5.74, 6) is -1.79. The summed E-state index contributed by atoms with van der Waals surface area (Å²) >= 11 is 0. The Labute approximate surface area is 228 Å². The van der Waals surface area contributed by atoms with E-state index in [9.17, 15) is 27.2 Å². The van der Waals surface area contributed by atoms with Gasteiger partial charge >= 0.3 is 0 Å². The van der Waals surface area contributed by atoms with Crippen LogP contribution >= 0.6 is 0 Å². The lowest BCUT2D eigenvalue weighted by atomic mass is 9.96. The molecule has 0 aliphatic carbocycles. The van der Waals surface area contributed by atoms with Gasteiger partial charge in [-0.25, -0.2) is 8.42 Å². The summed E-state index contributed by atoms with van der Waals surface area (Å²) in [6, 6.07) is 6.79. The van der Waals surface area contributed by atoms with Crippen LogP contribution in [0.4, 0.5) is 10.1 Å². The Morgan fingerprint density at radius 2 is 1.77 bits per heavy atom. The SMILES string of the molecule is CCCCCc1ccc(NC(=O)CCF)c2c1C(=O)N([C@H](CS(C)(=O)=O)c1ccc(OC)c(OCC)c1)C2=O. The van der Waals surface area contributed by atoms with Crippen LogP contribution in [0.1, 0.15) is 77.4 Å². The number of methoxy groups -OCH3 is 1. The van der Waals surface area contributed by atoms with Gasteiger partial charge in [0.15, 0.2) is 11.5 Å². The lowest BCUT2D eigenvalue weighted by molar-refractivity contribution is -0.116. The van der Waals surface area contributed by atoms with Crippen LogP contribution in [-0.2, 0) is 21.1 Å². The number of carbonyl (C=O) groups is 3. The molecule has 212 valence electrons. The van der Waals surface area contributed by atoms with Crippen molar-refractivity contribution in [3.63, 3.8) is 0 Å². The molecule has 0 bridgehead atoms. The number of unbranched alkanes of at least 4 members (excludes halogenated alkanes) is 2. The average Bonchev–Trinajstić information content (AvgIpc) is 3.14. The first-order valence-corrected chi connectivity index (χ1v) is 15.0. The van der Waals surface area contributed by atoms with Crippen LogP contribution in [0.3, 0.4) is 0 Å². The van der Waals surface area contributed by atoms with Crippen LogP contribution in [0.5, 0.6) is 11.5 Å². The quantitative estimate of drug-likeness (QED) is 0.266. The fraction of sp³-hybridized carbons (Fsp3) is 0.464. The van der Waals surface area contributed by atoms with Crippen molar-refractivity contribution in [1.29, 1.82) is 0 Å². The van der Waals surface area contributed by atoms with E-state index in [0.717, 1.165) is 30.4 Å². The van der Waals surface area contributed by atoms with E-state index in [1.54, 1.807) is 31.2 Å². The number of aryl methyl sites for hydroxylation is 1. The van der Waals surface area contributed by atoms with Crippen LogP contribution in [0.2, 0.25) is 0 Å². The number of hydrogen-bond donors (Lipinski definition) is 1. The smallest absolute Gasteiger partial charge is 0.264 e. The zero-order chi connectivity index (χ0) is 28.7. The summed E-state index contributed by atoms with van der Waals surface area (Å²) in [7, 11) is -2.21. The van der Waals surface area contributed by atoms with Crippen LogP contribution in [-0.4, -0.2) is 63.4 Å². The number of imide groups is 1. The van der Waals surface area contributed by atoms with Crippen molar-refractivity contribution in [3.05, 3.63) is 52.6 Å². The van der Waals surface area contributed by atoms with E-state index in [0.29, 0.717) is 35.7 Å². The summed E-state index contributed by atoms with van der Waals surface area (Å²) < 4.78 is 48.8. The molecule has 9 nitrogen and oxygen atoms in total. The van der Waals surface area contributed by atoms with Crippen molar-refractivity contribution in [3.8, 4) is 11.5 Å². The molecule has 11 heteroatoms. The Balaban J connectivity index is 2.16. The summed E-state index contributed by atoms with van der Waals surface area (Å²) in [4.78, 5) is 41.0. The number of fused-ring (bicyclic) bond motifs is 1. The summed E-state index contributed by atoms with van der Waals surface area (Å²) in [6.45, 7) is 3.26. The number of halogens is 1. The topological polar surface area (TPSA) is 119 Å². The molecule has 1 N–H and O–H groups in total. The minimum Gasteiger partial charge on any atom is -0.493 e. The molecular formula is C28H35FN2O7S. The third-order valence-electron chi connectivity index (χ3n) is 6.45. The highest BCUT2D eigenvalue weighted by Crippen LogP contribution is 2.40. The number of hydrogen-bond acceptors (Lipinski definition) is 7. The van der Waals surface area contributed by atoms with E-state index >= 15 is 0 Å². The number of anilines is 1. The zero-order valence-corrected chi connectivity index (χ0v) is 23.5. The van der Waals surface area contributed by atoms with E-state index in [1.165, 1.54) is 13.2 Å². The summed E-state index contributed by atoms with van der Waals surface area (Å²) in [5.41, 5.74) is 1.20. The maximum absolute atomic E-state index is 13.9. The van der Waals surface area contributed by atoms with E-state index in [1.807, 2.05) is 6.92 Å². The highest BCUT2D eigenvalue weighted by molar-refractivity contribution is 7.90. The number of nitrogens with one attached hydrogen (secondary N) is 1. The summed E-state index contributed by atoms with van der Waals surface area (Å²) in [5, 5.41) is 2.54. The van der Waals surface area contributed by atoms with Gasteiger partial charge in [-0.3, -0.25) is 23.7 Å². The maximum Gasteiger partial charge on any atom is 0.264 e. The number of alkyl halides is 1. The normalized spacial score (nSPS) is 13.8. The first-order valence-electron chi connectivity index (χ1n) is 12.9. The number of nitrogens with zero attached hydrogens (tertiary/aromatic N) is 1.